The van der Waals surface area contributed by atoms with Crippen molar-refractivity contribution in [2.45, 2.75) is 13.8 Å². The van der Waals surface area contributed by atoms with Gasteiger partial charge < -0.3 is 18.9 Å². The van der Waals surface area contributed by atoms with Crippen LogP contribution in [0, 0.1) is 11.8 Å². The smallest absolute Gasteiger partial charge is 0.181 e. The Kier molecular flexibility index (Phi) is 7.04. The summed E-state index contributed by atoms with van der Waals surface area (Å²) in [7, 11) is 5.87. The number of rotatable bonds is 9. The van der Waals surface area contributed by atoms with Crippen LogP contribution in [0.4, 0.5) is 0 Å². The highest BCUT2D eigenvalue weighted by Crippen LogP contribution is 2.37. The summed E-state index contributed by atoms with van der Waals surface area (Å²) >= 11 is 0. The fourth-order valence-electron chi connectivity index (χ4n) is 3.12. The van der Waals surface area contributed by atoms with Crippen molar-refractivity contribution >= 4 is 11.6 Å². The summed E-state index contributed by atoms with van der Waals surface area (Å²) in [5, 5.41) is 0. The van der Waals surface area contributed by atoms with Crippen molar-refractivity contribution in [3.05, 3.63) is 53.4 Å². The Balaban J connectivity index is 2.63. The van der Waals surface area contributed by atoms with Crippen LogP contribution in [0.5, 0.6) is 23.0 Å². The van der Waals surface area contributed by atoms with Crippen LogP contribution < -0.4 is 18.9 Å². The van der Waals surface area contributed by atoms with Crippen LogP contribution in [-0.4, -0.2) is 40.0 Å². The van der Waals surface area contributed by atoms with Crippen LogP contribution in [-0.2, 0) is 0 Å². The molecule has 0 fully saturated rings. The molecule has 0 heterocycles. The Bertz CT molecular complexity index is 744. The van der Waals surface area contributed by atoms with Crippen LogP contribution in [0.3, 0.4) is 0 Å². The van der Waals surface area contributed by atoms with Gasteiger partial charge in [-0.05, 0) is 30.2 Å². The highest BCUT2D eigenvalue weighted by Gasteiger charge is 2.37. The summed E-state index contributed by atoms with van der Waals surface area (Å²) in [6.45, 7) is 3.48. The molecule has 0 saturated heterocycles. The molecular formula is C22H25O6. The van der Waals surface area contributed by atoms with Crippen molar-refractivity contribution in [1.82, 2.24) is 0 Å². The molecule has 0 atom stereocenters. The van der Waals surface area contributed by atoms with Crippen molar-refractivity contribution in [1.29, 1.82) is 0 Å². The third-order valence-corrected chi connectivity index (χ3v) is 4.45. The minimum Gasteiger partial charge on any atom is -0.496 e. The van der Waals surface area contributed by atoms with Gasteiger partial charge in [0.1, 0.15) is 34.1 Å². The van der Waals surface area contributed by atoms with E-state index in [2.05, 4.69) is 0 Å². The Labute approximate surface area is 165 Å². The van der Waals surface area contributed by atoms with E-state index in [1.165, 1.54) is 28.4 Å². The highest BCUT2D eigenvalue weighted by molar-refractivity contribution is 6.20. The van der Waals surface area contributed by atoms with Gasteiger partial charge in [-0.15, -0.1) is 0 Å². The molecule has 0 unspecified atom stereocenters. The van der Waals surface area contributed by atoms with E-state index in [0.29, 0.717) is 28.9 Å². The molecule has 149 valence electrons. The molecule has 0 aliphatic heterocycles. The van der Waals surface area contributed by atoms with Crippen LogP contribution in [0.1, 0.15) is 34.6 Å². The monoisotopic (exact) mass is 385 g/mol. The first kappa shape index (κ1) is 21.3. The minimum absolute atomic E-state index is 0.223. The molecule has 2 aromatic rings. The molecule has 1 radical (unpaired) electrons. The molecule has 28 heavy (non-hydrogen) atoms. The van der Waals surface area contributed by atoms with E-state index < -0.39 is 17.5 Å². The van der Waals surface area contributed by atoms with Gasteiger partial charge in [0.25, 0.3) is 0 Å². The first-order valence-corrected chi connectivity index (χ1v) is 8.71. The average Bonchev–Trinajstić information content (AvgIpc) is 2.71. The number of methoxy groups -OCH3 is 4. The second kappa shape index (κ2) is 9.26. The molecule has 0 saturated carbocycles. The highest BCUT2D eigenvalue weighted by atomic mass is 16.5. The van der Waals surface area contributed by atoms with Gasteiger partial charge in [-0.25, -0.2) is 0 Å². The lowest BCUT2D eigenvalue weighted by molar-refractivity contribution is 0.0812. The Hall–Kier alpha value is -3.02. The normalized spacial score (nSPS) is 10.7. The first-order valence-electron chi connectivity index (χ1n) is 8.71. The molecule has 2 rings (SSSR count). The van der Waals surface area contributed by atoms with E-state index in [1.54, 1.807) is 50.2 Å². The minimum atomic E-state index is -1.05. The number of carbonyl (C=O) groups excluding carboxylic acids is 2. The fourth-order valence-corrected chi connectivity index (χ4v) is 3.12. The number of benzene rings is 2. The molecule has 0 bridgehead atoms. The summed E-state index contributed by atoms with van der Waals surface area (Å²) in [4.78, 5) is 27.0. The maximum absolute atomic E-state index is 13.5. The topological polar surface area (TPSA) is 71.1 Å². The number of Topliss-reactive ketones (excluding diaryl/α,β-unsaturated/α-hetero) is 2. The van der Waals surface area contributed by atoms with E-state index >= 15 is 0 Å². The molecule has 0 aliphatic carbocycles. The van der Waals surface area contributed by atoms with E-state index in [4.69, 9.17) is 18.9 Å². The van der Waals surface area contributed by atoms with Crippen LogP contribution >= 0.6 is 0 Å². The van der Waals surface area contributed by atoms with Crippen LogP contribution in [0.15, 0.2) is 36.4 Å². The summed E-state index contributed by atoms with van der Waals surface area (Å²) in [5.74, 6) is 0.141. The number of ether oxygens (including phenoxy) is 4. The standard InChI is InChI=1S/C22H25O6/c1-13(2)18(21(23)19-14(25-3)9-7-10-15(19)26-4)22(24)20-16(27-5)11-8-12-17(20)28-6/h7-12,18H,1-6H3. The van der Waals surface area contributed by atoms with Gasteiger partial charge in [-0.2, -0.15) is 0 Å². The summed E-state index contributed by atoms with van der Waals surface area (Å²) in [6.07, 6.45) is 0. The lowest BCUT2D eigenvalue weighted by atomic mass is 9.81. The Morgan fingerprint density at radius 1 is 0.643 bits per heavy atom. The predicted octanol–water partition coefficient (Wildman–Crippen LogP) is 4.02. The largest absolute Gasteiger partial charge is 0.496 e. The van der Waals surface area contributed by atoms with E-state index in [1.807, 2.05) is 0 Å². The van der Waals surface area contributed by atoms with Gasteiger partial charge in [0.15, 0.2) is 11.6 Å². The maximum Gasteiger partial charge on any atom is 0.181 e. The van der Waals surface area contributed by atoms with Gasteiger partial charge in [0.05, 0.1) is 34.4 Å². The van der Waals surface area contributed by atoms with Gasteiger partial charge in [0.2, 0.25) is 0 Å². The second-order valence-corrected chi connectivity index (χ2v) is 6.31. The average molecular weight is 385 g/mol. The quantitative estimate of drug-likeness (QED) is 0.480. The predicted molar refractivity (Wildman–Crippen MR) is 106 cm³/mol. The van der Waals surface area contributed by atoms with Crippen molar-refractivity contribution in [3.63, 3.8) is 0 Å². The molecule has 0 aromatic heterocycles. The summed E-state index contributed by atoms with van der Waals surface area (Å²) < 4.78 is 21.4. The van der Waals surface area contributed by atoms with Crippen molar-refractivity contribution in [2.75, 3.05) is 28.4 Å². The molecule has 2 aromatic carbocycles. The molecule has 0 spiro atoms. The molecule has 0 N–H and O–H groups in total. The van der Waals surface area contributed by atoms with Crippen molar-refractivity contribution in [2.24, 2.45) is 5.92 Å². The third kappa shape index (κ3) is 3.96. The van der Waals surface area contributed by atoms with E-state index in [-0.39, 0.29) is 11.1 Å². The molecule has 0 amide bonds. The zero-order valence-electron chi connectivity index (χ0n) is 17.0. The number of hydrogen-bond acceptors (Lipinski definition) is 6. The third-order valence-electron chi connectivity index (χ3n) is 4.45. The van der Waals surface area contributed by atoms with E-state index in [9.17, 15) is 9.59 Å². The lowest BCUT2D eigenvalue weighted by Gasteiger charge is -2.22. The van der Waals surface area contributed by atoms with Crippen molar-refractivity contribution < 1.29 is 28.5 Å². The van der Waals surface area contributed by atoms with Gasteiger partial charge in [-0.3, -0.25) is 9.59 Å². The number of hydrogen-bond donors (Lipinski definition) is 0. The summed E-state index contributed by atoms with van der Waals surface area (Å²) in [5.41, 5.74) is 0.446. The van der Waals surface area contributed by atoms with E-state index in [0.717, 1.165) is 0 Å². The summed E-state index contributed by atoms with van der Waals surface area (Å²) in [6, 6.07) is 10.1. The molecule has 0 aliphatic rings. The fraction of sp³-hybridized carbons (Fsp3) is 0.318. The van der Waals surface area contributed by atoms with Crippen LogP contribution in [0.2, 0.25) is 0 Å². The van der Waals surface area contributed by atoms with Gasteiger partial charge in [0, 0.05) is 0 Å². The Morgan fingerprint density at radius 2 is 0.929 bits per heavy atom. The SMILES string of the molecule is COc1cccc(OC)c1C(=O)C([C](C)C)C(=O)c1c(OC)cccc1OC. The molecule has 6 nitrogen and oxygen atoms in total. The molecular weight excluding hydrogens is 360 g/mol. The maximum atomic E-state index is 13.5. The molecule has 6 heteroatoms. The Morgan fingerprint density at radius 3 is 1.14 bits per heavy atom. The van der Waals surface area contributed by atoms with Crippen LogP contribution in [0.25, 0.3) is 0 Å². The number of ketones is 2. The van der Waals surface area contributed by atoms with Gasteiger partial charge >= 0.3 is 0 Å². The zero-order valence-corrected chi connectivity index (χ0v) is 17.0. The number of carbonyl (C=O) groups is 2. The van der Waals surface area contributed by atoms with Crippen molar-refractivity contribution in [3.8, 4) is 23.0 Å². The lowest BCUT2D eigenvalue weighted by Crippen LogP contribution is -2.29. The first-order chi connectivity index (χ1) is 13.4. The zero-order chi connectivity index (χ0) is 20.8. The van der Waals surface area contributed by atoms with Gasteiger partial charge in [-0.1, -0.05) is 26.0 Å². The second-order valence-electron chi connectivity index (χ2n) is 6.31.